The third kappa shape index (κ3) is 5.28. The fourth-order valence-corrected chi connectivity index (χ4v) is 2.77. The van der Waals surface area contributed by atoms with Crippen LogP contribution in [0.1, 0.15) is 41.8 Å². The van der Waals surface area contributed by atoms with E-state index >= 15 is 0 Å². The fraction of sp³-hybridized carbons (Fsp3) is 0.348. The third-order valence-electron chi connectivity index (χ3n) is 4.39. The van der Waals surface area contributed by atoms with Crippen LogP contribution in [0.4, 0.5) is 5.69 Å². The van der Waals surface area contributed by atoms with Crippen LogP contribution in [0.3, 0.4) is 0 Å². The zero-order valence-electron chi connectivity index (χ0n) is 17.2. The summed E-state index contributed by atoms with van der Waals surface area (Å²) in [6.45, 7) is 5.36. The van der Waals surface area contributed by atoms with Gasteiger partial charge in [-0.15, -0.1) is 0 Å². The second-order valence-electron chi connectivity index (χ2n) is 6.79. The first kappa shape index (κ1) is 21.4. The van der Waals surface area contributed by atoms with Gasteiger partial charge in [-0.05, 0) is 42.2 Å². The van der Waals surface area contributed by atoms with E-state index in [1.165, 1.54) is 12.7 Å². The van der Waals surface area contributed by atoms with E-state index in [9.17, 15) is 4.79 Å². The molecular formula is C23H29NO4. The molecule has 0 bridgehead atoms. The van der Waals surface area contributed by atoms with Crippen LogP contribution in [0.15, 0.2) is 36.4 Å². The van der Waals surface area contributed by atoms with Crippen molar-refractivity contribution in [2.45, 2.75) is 20.3 Å². The number of ether oxygens (including phenoxy) is 3. The van der Waals surface area contributed by atoms with Crippen molar-refractivity contribution < 1.29 is 19.0 Å². The fourth-order valence-electron chi connectivity index (χ4n) is 2.77. The lowest BCUT2D eigenvalue weighted by Gasteiger charge is -2.22. The van der Waals surface area contributed by atoms with E-state index in [1.807, 2.05) is 6.07 Å². The number of nitrogens with one attached hydrogen (secondary N) is 1. The maximum Gasteiger partial charge on any atom is 0.337 e. The maximum atomic E-state index is 10.8. The lowest BCUT2D eigenvalue weighted by atomic mass is 9.95. The van der Waals surface area contributed by atoms with Gasteiger partial charge in [0.1, 0.15) is 11.4 Å². The molecule has 0 radical (unpaired) electrons. The number of carbonyl (C=O) groups is 1. The Balaban J connectivity index is 0.000000237. The molecule has 2 aromatic rings. The van der Waals surface area contributed by atoms with Crippen molar-refractivity contribution in [2.24, 2.45) is 5.92 Å². The first-order valence-electron chi connectivity index (χ1n) is 9.36. The van der Waals surface area contributed by atoms with E-state index in [4.69, 9.17) is 9.47 Å². The van der Waals surface area contributed by atoms with Gasteiger partial charge in [-0.2, -0.15) is 0 Å². The minimum absolute atomic E-state index is 0.291. The van der Waals surface area contributed by atoms with Gasteiger partial charge in [0.05, 0.1) is 26.9 Å². The molecule has 1 aliphatic carbocycles. The number of carbonyl (C=O) groups excluding carboxylic acids is 1. The van der Waals surface area contributed by atoms with Gasteiger partial charge in [0, 0.05) is 12.1 Å². The molecule has 150 valence electrons. The smallest absolute Gasteiger partial charge is 0.337 e. The number of anilines is 1. The lowest BCUT2D eigenvalue weighted by Crippen LogP contribution is -2.09. The number of benzene rings is 2. The van der Waals surface area contributed by atoms with Crippen LogP contribution in [-0.2, 0) is 4.74 Å². The Morgan fingerprint density at radius 1 is 1.04 bits per heavy atom. The van der Waals surface area contributed by atoms with Gasteiger partial charge in [0.25, 0.3) is 0 Å². The van der Waals surface area contributed by atoms with Gasteiger partial charge in [-0.25, -0.2) is 4.79 Å². The van der Waals surface area contributed by atoms with E-state index in [2.05, 4.69) is 42.1 Å². The number of rotatable bonds is 7. The first-order chi connectivity index (χ1) is 13.5. The number of methoxy groups -OCH3 is 3. The molecular weight excluding hydrogens is 354 g/mol. The van der Waals surface area contributed by atoms with Crippen molar-refractivity contribution in [1.82, 2.24) is 0 Å². The second kappa shape index (κ2) is 10.4. The third-order valence-corrected chi connectivity index (χ3v) is 4.39. The molecule has 0 saturated heterocycles. The largest absolute Gasteiger partial charge is 0.494 e. The standard InChI is InChI=1S/C15H21NO2.C8H8O2/c1-10(2)7-8-16-14-13(17-3)9-11-5-6-12(11)15(14)18-4;1-10-8(9)7-5-3-2-4-6-7/h5-6,9-10,16H,7-8H2,1-4H3;2-6H,1H3. The predicted octanol–water partition coefficient (Wildman–Crippen LogP) is 5.12. The van der Waals surface area contributed by atoms with E-state index in [0.29, 0.717) is 11.5 Å². The van der Waals surface area contributed by atoms with Crippen LogP contribution in [0.5, 0.6) is 11.5 Å². The molecule has 0 heterocycles. The normalized spacial score (nSPS) is 10.9. The minimum atomic E-state index is -0.291. The maximum absolute atomic E-state index is 10.8. The van der Waals surface area contributed by atoms with Crippen LogP contribution in [0, 0.1) is 5.92 Å². The zero-order valence-corrected chi connectivity index (χ0v) is 17.2. The van der Waals surface area contributed by atoms with Crippen LogP contribution < -0.4 is 14.8 Å². The van der Waals surface area contributed by atoms with Gasteiger partial charge in [-0.3, -0.25) is 0 Å². The Morgan fingerprint density at radius 2 is 1.75 bits per heavy atom. The molecule has 1 N–H and O–H groups in total. The summed E-state index contributed by atoms with van der Waals surface area (Å²) in [7, 11) is 4.77. The van der Waals surface area contributed by atoms with E-state index in [1.54, 1.807) is 38.5 Å². The van der Waals surface area contributed by atoms with E-state index in [-0.39, 0.29) is 5.97 Å². The summed E-state index contributed by atoms with van der Waals surface area (Å²) < 4.78 is 15.5. The monoisotopic (exact) mass is 383 g/mol. The topological polar surface area (TPSA) is 56.8 Å². The van der Waals surface area contributed by atoms with Gasteiger partial charge < -0.3 is 19.5 Å². The van der Waals surface area contributed by atoms with Crippen molar-refractivity contribution in [1.29, 1.82) is 0 Å². The Labute approximate surface area is 167 Å². The number of fused-ring (bicyclic) bond motifs is 1. The summed E-state index contributed by atoms with van der Waals surface area (Å²) in [6, 6.07) is 10.9. The predicted molar refractivity (Wildman–Crippen MR) is 114 cm³/mol. The molecule has 0 atom stereocenters. The van der Waals surface area contributed by atoms with Gasteiger partial charge in [-0.1, -0.05) is 38.1 Å². The Morgan fingerprint density at radius 3 is 2.25 bits per heavy atom. The SMILES string of the molecule is COC(=O)c1ccccc1.COc1cc2c(c(OC)c1NCCC(C)C)C=C2. The van der Waals surface area contributed by atoms with Crippen molar-refractivity contribution in [3.8, 4) is 11.5 Å². The molecule has 5 heteroatoms. The van der Waals surface area contributed by atoms with Crippen LogP contribution in [0.2, 0.25) is 0 Å². The molecule has 0 unspecified atom stereocenters. The summed E-state index contributed by atoms with van der Waals surface area (Å²) in [4.78, 5) is 10.8. The van der Waals surface area contributed by atoms with Crippen molar-refractivity contribution in [3.63, 3.8) is 0 Å². The summed E-state index contributed by atoms with van der Waals surface area (Å²) in [5, 5.41) is 3.43. The molecule has 0 aromatic heterocycles. The molecule has 0 amide bonds. The molecule has 0 spiro atoms. The highest BCUT2D eigenvalue weighted by Crippen LogP contribution is 2.44. The highest BCUT2D eigenvalue weighted by Gasteiger charge is 2.20. The first-order valence-corrected chi connectivity index (χ1v) is 9.36. The highest BCUT2D eigenvalue weighted by molar-refractivity contribution is 5.93. The lowest BCUT2D eigenvalue weighted by molar-refractivity contribution is 0.0600. The number of esters is 1. The van der Waals surface area contributed by atoms with Crippen molar-refractivity contribution in [3.05, 3.63) is 53.1 Å². The molecule has 3 rings (SSSR count). The molecule has 5 nitrogen and oxygen atoms in total. The Hall–Kier alpha value is -2.95. The molecule has 0 saturated carbocycles. The molecule has 1 aliphatic rings. The molecule has 28 heavy (non-hydrogen) atoms. The molecule has 0 aliphatic heterocycles. The molecule has 2 aromatic carbocycles. The average Bonchev–Trinajstić information content (AvgIpc) is 2.70. The number of hydrogen-bond acceptors (Lipinski definition) is 5. The van der Waals surface area contributed by atoms with Crippen LogP contribution in [-0.4, -0.2) is 33.8 Å². The van der Waals surface area contributed by atoms with Gasteiger partial charge >= 0.3 is 5.97 Å². The van der Waals surface area contributed by atoms with E-state index in [0.717, 1.165) is 35.7 Å². The van der Waals surface area contributed by atoms with Gasteiger partial charge in [0.15, 0.2) is 5.75 Å². The zero-order chi connectivity index (χ0) is 20.5. The summed E-state index contributed by atoms with van der Waals surface area (Å²) in [6.07, 6.45) is 5.26. The summed E-state index contributed by atoms with van der Waals surface area (Å²) >= 11 is 0. The van der Waals surface area contributed by atoms with Crippen molar-refractivity contribution in [2.75, 3.05) is 33.2 Å². The quantitative estimate of drug-likeness (QED) is 0.574. The van der Waals surface area contributed by atoms with Crippen LogP contribution in [0.25, 0.3) is 12.2 Å². The van der Waals surface area contributed by atoms with E-state index < -0.39 is 0 Å². The highest BCUT2D eigenvalue weighted by atomic mass is 16.5. The van der Waals surface area contributed by atoms with Crippen molar-refractivity contribution >= 4 is 23.8 Å². The molecule has 0 fully saturated rings. The summed E-state index contributed by atoms with van der Waals surface area (Å²) in [5.41, 5.74) is 3.89. The second-order valence-corrected chi connectivity index (χ2v) is 6.79. The summed E-state index contributed by atoms with van der Waals surface area (Å²) in [5.74, 6) is 2.12. The minimum Gasteiger partial charge on any atom is -0.494 e. The Bertz CT molecular complexity index is 813. The van der Waals surface area contributed by atoms with Gasteiger partial charge in [0.2, 0.25) is 0 Å². The average molecular weight is 383 g/mol. The Kier molecular flexibility index (Phi) is 7.93. The number of hydrogen-bond donors (Lipinski definition) is 1. The van der Waals surface area contributed by atoms with Crippen LogP contribution >= 0.6 is 0 Å².